The highest BCUT2D eigenvalue weighted by molar-refractivity contribution is 5.15. The Hall–Kier alpha value is -1.09. The van der Waals surface area contributed by atoms with E-state index in [-0.39, 0.29) is 5.54 Å². The van der Waals surface area contributed by atoms with E-state index in [0.29, 0.717) is 12.5 Å². The van der Waals surface area contributed by atoms with E-state index in [9.17, 15) is 0 Å². The molecule has 1 N–H and O–H groups in total. The van der Waals surface area contributed by atoms with E-state index in [0.717, 1.165) is 12.2 Å². The van der Waals surface area contributed by atoms with Crippen molar-refractivity contribution in [2.45, 2.75) is 39.8 Å². The van der Waals surface area contributed by atoms with Gasteiger partial charge in [0, 0.05) is 18.2 Å². The van der Waals surface area contributed by atoms with Crippen molar-refractivity contribution in [2.24, 2.45) is 0 Å². The van der Waals surface area contributed by atoms with Crippen molar-refractivity contribution in [3.05, 3.63) is 23.9 Å². The van der Waals surface area contributed by atoms with Crippen LogP contribution in [0.4, 0.5) is 0 Å². The van der Waals surface area contributed by atoms with Gasteiger partial charge in [-0.3, -0.25) is 0 Å². The van der Waals surface area contributed by atoms with Gasteiger partial charge in [0.25, 0.3) is 0 Å². The molecule has 84 valence electrons. The third-order valence-electron chi connectivity index (χ3n) is 1.87. The Morgan fingerprint density at radius 1 is 1.33 bits per heavy atom. The molecular formula is C12H20N2O. The summed E-state index contributed by atoms with van der Waals surface area (Å²) < 4.78 is 5.34. The van der Waals surface area contributed by atoms with E-state index in [1.165, 1.54) is 0 Å². The Bertz CT molecular complexity index is 305. The molecule has 0 bridgehead atoms. The van der Waals surface area contributed by atoms with Crippen molar-refractivity contribution in [3.63, 3.8) is 0 Å². The lowest BCUT2D eigenvalue weighted by molar-refractivity contribution is 0.324. The van der Waals surface area contributed by atoms with Gasteiger partial charge in [0.15, 0.2) is 0 Å². The van der Waals surface area contributed by atoms with Gasteiger partial charge in [0.05, 0.1) is 12.3 Å². The molecule has 0 atom stereocenters. The van der Waals surface area contributed by atoms with E-state index in [2.05, 4.69) is 31.1 Å². The number of nitrogens with one attached hydrogen (secondary N) is 1. The number of nitrogens with zero attached hydrogens (tertiary/aromatic N) is 1. The minimum absolute atomic E-state index is 0.114. The summed E-state index contributed by atoms with van der Waals surface area (Å²) >= 11 is 0. The van der Waals surface area contributed by atoms with Gasteiger partial charge in [-0.2, -0.15) is 0 Å². The number of hydrogen-bond donors (Lipinski definition) is 1. The highest BCUT2D eigenvalue weighted by atomic mass is 16.5. The SMILES string of the molecule is CCOc1cccc(CNC(C)(C)C)n1. The molecule has 0 fully saturated rings. The molecule has 0 spiro atoms. The summed E-state index contributed by atoms with van der Waals surface area (Å²) in [5.74, 6) is 0.700. The van der Waals surface area contributed by atoms with Gasteiger partial charge in [-0.25, -0.2) is 4.98 Å². The Morgan fingerprint density at radius 2 is 2.07 bits per heavy atom. The van der Waals surface area contributed by atoms with Crippen molar-refractivity contribution in [2.75, 3.05) is 6.61 Å². The van der Waals surface area contributed by atoms with Crippen LogP contribution < -0.4 is 10.1 Å². The van der Waals surface area contributed by atoms with E-state index in [1.807, 2.05) is 25.1 Å². The van der Waals surface area contributed by atoms with E-state index in [4.69, 9.17) is 4.74 Å². The molecule has 0 aliphatic heterocycles. The normalized spacial score (nSPS) is 11.5. The first-order valence-corrected chi connectivity index (χ1v) is 5.35. The Labute approximate surface area is 91.9 Å². The first-order chi connectivity index (χ1) is 7.01. The summed E-state index contributed by atoms with van der Waals surface area (Å²) in [6, 6.07) is 5.85. The fourth-order valence-corrected chi connectivity index (χ4v) is 1.14. The maximum atomic E-state index is 5.34. The molecule has 1 aromatic rings. The fraction of sp³-hybridized carbons (Fsp3) is 0.583. The maximum absolute atomic E-state index is 5.34. The second-order valence-electron chi connectivity index (χ2n) is 4.50. The summed E-state index contributed by atoms with van der Waals surface area (Å²) in [6.45, 7) is 9.80. The lowest BCUT2D eigenvalue weighted by Gasteiger charge is -2.20. The predicted molar refractivity (Wildman–Crippen MR) is 62.0 cm³/mol. The summed E-state index contributed by atoms with van der Waals surface area (Å²) in [5, 5.41) is 3.39. The third-order valence-corrected chi connectivity index (χ3v) is 1.87. The quantitative estimate of drug-likeness (QED) is 0.824. The predicted octanol–water partition coefficient (Wildman–Crippen LogP) is 2.37. The van der Waals surface area contributed by atoms with E-state index >= 15 is 0 Å². The van der Waals surface area contributed by atoms with Gasteiger partial charge < -0.3 is 10.1 Å². The first kappa shape index (κ1) is 12.0. The van der Waals surface area contributed by atoms with Crippen molar-refractivity contribution < 1.29 is 4.74 Å². The van der Waals surface area contributed by atoms with Crippen molar-refractivity contribution in [1.82, 2.24) is 10.3 Å². The number of pyridine rings is 1. The van der Waals surface area contributed by atoms with Crippen LogP contribution in [0.2, 0.25) is 0 Å². The minimum atomic E-state index is 0.114. The van der Waals surface area contributed by atoms with Crippen LogP contribution in [0, 0.1) is 0 Å². The molecular weight excluding hydrogens is 188 g/mol. The lowest BCUT2D eigenvalue weighted by atomic mass is 10.1. The zero-order valence-electron chi connectivity index (χ0n) is 10.0. The molecule has 0 amide bonds. The maximum Gasteiger partial charge on any atom is 0.213 e. The topological polar surface area (TPSA) is 34.1 Å². The monoisotopic (exact) mass is 208 g/mol. The lowest BCUT2D eigenvalue weighted by Crippen LogP contribution is -2.35. The van der Waals surface area contributed by atoms with Crippen LogP contribution in [0.3, 0.4) is 0 Å². The smallest absolute Gasteiger partial charge is 0.213 e. The van der Waals surface area contributed by atoms with Crippen LogP contribution in [0.5, 0.6) is 5.88 Å². The highest BCUT2D eigenvalue weighted by Crippen LogP contribution is 2.08. The second kappa shape index (κ2) is 5.12. The third kappa shape index (κ3) is 4.79. The summed E-state index contributed by atoms with van der Waals surface area (Å²) in [7, 11) is 0. The summed E-state index contributed by atoms with van der Waals surface area (Å²) in [4.78, 5) is 4.38. The van der Waals surface area contributed by atoms with Crippen molar-refractivity contribution in [3.8, 4) is 5.88 Å². The molecule has 1 rings (SSSR count). The molecule has 0 aromatic carbocycles. The van der Waals surface area contributed by atoms with Crippen LogP contribution in [0.15, 0.2) is 18.2 Å². The van der Waals surface area contributed by atoms with Gasteiger partial charge in [0.2, 0.25) is 5.88 Å². The molecule has 0 saturated heterocycles. The molecule has 0 unspecified atom stereocenters. The number of aromatic nitrogens is 1. The van der Waals surface area contributed by atoms with Crippen LogP contribution in [-0.2, 0) is 6.54 Å². The van der Waals surface area contributed by atoms with Crippen LogP contribution >= 0.6 is 0 Å². The van der Waals surface area contributed by atoms with Gasteiger partial charge in [-0.05, 0) is 33.8 Å². The van der Waals surface area contributed by atoms with E-state index in [1.54, 1.807) is 0 Å². The number of rotatable bonds is 4. The Morgan fingerprint density at radius 3 is 2.67 bits per heavy atom. The molecule has 0 radical (unpaired) electrons. The molecule has 15 heavy (non-hydrogen) atoms. The number of ether oxygens (including phenoxy) is 1. The summed E-state index contributed by atoms with van der Waals surface area (Å²) in [6.07, 6.45) is 0. The standard InChI is InChI=1S/C12H20N2O/c1-5-15-11-8-6-7-10(14-11)9-13-12(2,3)4/h6-8,13H,5,9H2,1-4H3. The van der Waals surface area contributed by atoms with Crippen LogP contribution in [0.25, 0.3) is 0 Å². The molecule has 0 saturated carbocycles. The fourth-order valence-electron chi connectivity index (χ4n) is 1.14. The van der Waals surface area contributed by atoms with Gasteiger partial charge in [-0.1, -0.05) is 6.07 Å². The highest BCUT2D eigenvalue weighted by Gasteiger charge is 2.08. The molecule has 1 heterocycles. The van der Waals surface area contributed by atoms with Crippen LogP contribution in [0.1, 0.15) is 33.4 Å². The zero-order chi connectivity index (χ0) is 11.3. The molecule has 3 nitrogen and oxygen atoms in total. The number of hydrogen-bond acceptors (Lipinski definition) is 3. The molecule has 1 aromatic heterocycles. The molecule has 0 aliphatic rings. The average molecular weight is 208 g/mol. The largest absolute Gasteiger partial charge is 0.478 e. The van der Waals surface area contributed by atoms with Crippen molar-refractivity contribution in [1.29, 1.82) is 0 Å². The zero-order valence-corrected chi connectivity index (χ0v) is 10.0. The molecule has 3 heteroatoms. The average Bonchev–Trinajstić information content (AvgIpc) is 2.15. The Kier molecular flexibility index (Phi) is 4.09. The van der Waals surface area contributed by atoms with Gasteiger partial charge in [0.1, 0.15) is 0 Å². The van der Waals surface area contributed by atoms with Gasteiger partial charge >= 0.3 is 0 Å². The summed E-state index contributed by atoms with van der Waals surface area (Å²) in [5.41, 5.74) is 1.12. The molecule has 0 aliphatic carbocycles. The second-order valence-corrected chi connectivity index (χ2v) is 4.50. The minimum Gasteiger partial charge on any atom is -0.478 e. The first-order valence-electron chi connectivity index (χ1n) is 5.35. The Balaban J connectivity index is 2.57. The van der Waals surface area contributed by atoms with E-state index < -0.39 is 0 Å². The van der Waals surface area contributed by atoms with Crippen LogP contribution in [-0.4, -0.2) is 17.1 Å². The van der Waals surface area contributed by atoms with Gasteiger partial charge in [-0.15, -0.1) is 0 Å². The van der Waals surface area contributed by atoms with Crippen molar-refractivity contribution >= 4 is 0 Å².